The lowest BCUT2D eigenvalue weighted by atomic mass is 9.87. The Hall–Kier alpha value is -3.08. The highest BCUT2D eigenvalue weighted by Gasteiger charge is 2.27. The maximum atomic E-state index is 12.8. The molecule has 0 aliphatic rings. The molecule has 0 atom stereocenters. The Morgan fingerprint density at radius 3 is 2.61 bits per heavy atom. The van der Waals surface area contributed by atoms with Gasteiger partial charge in [-0.15, -0.1) is 0 Å². The van der Waals surface area contributed by atoms with Crippen molar-refractivity contribution in [2.75, 3.05) is 18.5 Å². The molecule has 0 bridgehead atoms. The van der Waals surface area contributed by atoms with Crippen LogP contribution in [0.2, 0.25) is 0 Å². The van der Waals surface area contributed by atoms with Crippen molar-refractivity contribution in [3.05, 3.63) is 65.2 Å². The van der Waals surface area contributed by atoms with E-state index in [2.05, 4.69) is 17.4 Å². The molecule has 5 nitrogen and oxygen atoms in total. The van der Waals surface area contributed by atoms with Crippen molar-refractivity contribution in [1.29, 1.82) is 0 Å². The second kappa shape index (κ2) is 11.3. The van der Waals surface area contributed by atoms with Gasteiger partial charge in [-0.05, 0) is 74.6 Å². The first kappa shape index (κ1) is 24.2. The zero-order chi connectivity index (χ0) is 22.9. The molecule has 0 saturated carbocycles. The minimum absolute atomic E-state index is 0.0502. The summed E-state index contributed by atoms with van der Waals surface area (Å²) in [6, 6.07) is 13.5. The van der Waals surface area contributed by atoms with Crippen LogP contribution in [0.3, 0.4) is 0 Å². The fourth-order valence-electron chi connectivity index (χ4n) is 3.05. The molecule has 5 heteroatoms. The second-order valence-corrected chi connectivity index (χ2v) is 8.27. The van der Waals surface area contributed by atoms with E-state index in [4.69, 9.17) is 9.47 Å². The lowest BCUT2D eigenvalue weighted by molar-refractivity contribution is -0.137. The van der Waals surface area contributed by atoms with Crippen LogP contribution < -0.4 is 10.1 Å². The molecule has 0 aromatic heterocycles. The Balaban J connectivity index is 1.88. The number of amides is 1. The Labute approximate surface area is 185 Å². The highest BCUT2D eigenvalue weighted by molar-refractivity contribution is 5.95. The normalized spacial score (nSPS) is 11.4. The molecular weight excluding hydrogens is 390 g/mol. The zero-order valence-electron chi connectivity index (χ0n) is 19.2. The van der Waals surface area contributed by atoms with Gasteiger partial charge in [0.05, 0.1) is 13.2 Å². The Kier molecular flexibility index (Phi) is 8.86. The van der Waals surface area contributed by atoms with Crippen molar-refractivity contribution in [3.8, 4) is 5.75 Å². The summed E-state index contributed by atoms with van der Waals surface area (Å²) in [7, 11) is 0. The number of hydrogen-bond donors (Lipinski definition) is 1. The van der Waals surface area contributed by atoms with Gasteiger partial charge in [0.1, 0.15) is 5.75 Å². The highest BCUT2D eigenvalue weighted by atomic mass is 16.5. The number of ether oxygens (including phenoxy) is 2. The van der Waals surface area contributed by atoms with Gasteiger partial charge >= 0.3 is 5.97 Å². The molecule has 31 heavy (non-hydrogen) atoms. The lowest BCUT2D eigenvalue weighted by Crippen LogP contribution is -2.31. The molecule has 0 unspecified atom stereocenters. The Morgan fingerprint density at radius 2 is 1.87 bits per heavy atom. The third-order valence-electron chi connectivity index (χ3n) is 5.00. The molecule has 0 spiro atoms. The van der Waals surface area contributed by atoms with E-state index < -0.39 is 5.41 Å². The van der Waals surface area contributed by atoms with Crippen molar-refractivity contribution in [2.24, 2.45) is 5.41 Å². The Morgan fingerprint density at radius 1 is 1.10 bits per heavy atom. The molecule has 0 aliphatic carbocycles. The molecule has 0 saturated heterocycles. The number of carbonyl (C=O) groups is 2. The average Bonchev–Trinajstić information content (AvgIpc) is 2.72. The van der Waals surface area contributed by atoms with Crippen molar-refractivity contribution < 1.29 is 19.1 Å². The lowest BCUT2D eigenvalue weighted by Gasteiger charge is -2.24. The van der Waals surface area contributed by atoms with Crippen LogP contribution in [0.5, 0.6) is 5.75 Å². The summed E-state index contributed by atoms with van der Waals surface area (Å²) in [6.07, 6.45) is 4.52. The minimum Gasteiger partial charge on any atom is -0.493 e. The standard InChI is InChI=1S/C26H33NO4/c1-6-30-24(28)14-13-21-9-7-10-22(18-21)27-25(29)26(4,5)15-8-16-31-23-17-19(2)11-12-20(23)3/h7,9-14,17-18H,6,8,15-16H2,1-5H3,(H,27,29). The predicted molar refractivity (Wildman–Crippen MR) is 125 cm³/mol. The minimum atomic E-state index is -0.540. The SMILES string of the molecule is CCOC(=O)C=Cc1cccc(NC(=O)C(C)(C)CCCOc2cc(C)ccc2C)c1. The first-order valence-corrected chi connectivity index (χ1v) is 10.7. The van der Waals surface area contributed by atoms with Crippen LogP contribution in [0.4, 0.5) is 5.69 Å². The van der Waals surface area contributed by atoms with Gasteiger partial charge in [-0.2, -0.15) is 0 Å². The summed E-state index contributed by atoms with van der Waals surface area (Å²) in [5.41, 5.74) is 3.24. The number of esters is 1. The molecule has 0 heterocycles. The van der Waals surface area contributed by atoms with E-state index in [1.165, 1.54) is 11.6 Å². The van der Waals surface area contributed by atoms with Crippen LogP contribution >= 0.6 is 0 Å². The van der Waals surface area contributed by atoms with E-state index in [9.17, 15) is 9.59 Å². The highest BCUT2D eigenvalue weighted by Crippen LogP contribution is 2.26. The van der Waals surface area contributed by atoms with Crippen LogP contribution in [-0.2, 0) is 14.3 Å². The second-order valence-electron chi connectivity index (χ2n) is 8.27. The molecule has 1 amide bonds. The number of rotatable bonds is 10. The van der Waals surface area contributed by atoms with Crippen molar-refractivity contribution in [1.82, 2.24) is 0 Å². The van der Waals surface area contributed by atoms with Gasteiger partial charge in [-0.3, -0.25) is 4.79 Å². The van der Waals surface area contributed by atoms with Crippen LogP contribution in [0.15, 0.2) is 48.5 Å². The van der Waals surface area contributed by atoms with Crippen LogP contribution in [0.1, 0.15) is 50.3 Å². The maximum Gasteiger partial charge on any atom is 0.330 e. The van der Waals surface area contributed by atoms with E-state index in [-0.39, 0.29) is 11.9 Å². The topological polar surface area (TPSA) is 64.6 Å². The molecule has 1 N–H and O–H groups in total. The number of hydrogen-bond acceptors (Lipinski definition) is 4. The number of aryl methyl sites for hydroxylation is 2. The average molecular weight is 424 g/mol. The molecule has 166 valence electrons. The van der Waals surface area contributed by atoms with Gasteiger partial charge in [-0.1, -0.05) is 38.1 Å². The van der Waals surface area contributed by atoms with Crippen LogP contribution in [0, 0.1) is 19.3 Å². The van der Waals surface area contributed by atoms with Gasteiger partial charge in [0.15, 0.2) is 0 Å². The van der Waals surface area contributed by atoms with E-state index >= 15 is 0 Å². The van der Waals surface area contributed by atoms with E-state index in [0.29, 0.717) is 25.3 Å². The number of benzene rings is 2. The zero-order valence-corrected chi connectivity index (χ0v) is 19.2. The monoisotopic (exact) mass is 423 g/mol. The summed E-state index contributed by atoms with van der Waals surface area (Å²) in [5.74, 6) is 0.460. The van der Waals surface area contributed by atoms with E-state index in [0.717, 1.165) is 23.3 Å². The summed E-state index contributed by atoms with van der Waals surface area (Å²) in [6.45, 7) is 10.6. The number of anilines is 1. The molecule has 0 radical (unpaired) electrons. The molecule has 0 aliphatic heterocycles. The van der Waals surface area contributed by atoms with Gasteiger partial charge in [0, 0.05) is 17.2 Å². The summed E-state index contributed by atoms with van der Waals surface area (Å²) in [5, 5.41) is 2.98. The fourth-order valence-corrected chi connectivity index (χ4v) is 3.05. The first-order chi connectivity index (χ1) is 14.7. The molecule has 2 aromatic rings. The summed E-state index contributed by atoms with van der Waals surface area (Å²) < 4.78 is 10.8. The van der Waals surface area contributed by atoms with Gasteiger partial charge < -0.3 is 14.8 Å². The van der Waals surface area contributed by atoms with Gasteiger partial charge in [0.2, 0.25) is 5.91 Å². The van der Waals surface area contributed by atoms with E-state index in [1.807, 2.05) is 58.0 Å². The number of nitrogens with one attached hydrogen (secondary N) is 1. The predicted octanol–water partition coefficient (Wildman–Crippen LogP) is 5.70. The van der Waals surface area contributed by atoms with E-state index in [1.54, 1.807) is 13.0 Å². The van der Waals surface area contributed by atoms with Crippen LogP contribution in [-0.4, -0.2) is 25.1 Å². The van der Waals surface area contributed by atoms with Crippen LogP contribution in [0.25, 0.3) is 6.08 Å². The third-order valence-corrected chi connectivity index (χ3v) is 5.00. The summed E-state index contributed by atoms with van der Waals surface area (Å²) >= 11 is 0. The van der Waals surface area contributed by atoms with Crippen molar-refractivity contribution in [2.45, 2.75) is 47.5 Å². The fraction of sp³-hybridized carbons (Fsp3) is 0.385. The first-order valence-electron chi connectivity index (χ1n) is 10.7. The maximum absolute atomic E-state index is 12.8. The Bertz CT molecular complexity index is 931. The molecule has 2 aromatic carbocycles. The quantitative estimate of drug-likeness (QED) is 0.302. The van der Waals surface area contributed by atoms with Crippen molar-refractivity contribution in [3.63, 3.8) is 0 Å². The summed E-state index contributed by atoms with van der Waals surface area (Å²) in [4.78, 5) is 24.3. The number of carbonyl (C=O) groups excluding carboxylic acids is 2. The molecule has 0 fully saturated rings. The van der Waals surface area contributed by atoms with Gasteiger partial charge in [-0.25, -0.2) is 4.79 Å². The largest absolute Gasteiger partial charge is 0.493 e. The molecular formula is C26H33NO4. The third kappa shape index (κ3) is 7.93. The smallest absolute Gasteiger partial charge is 0.330 e. The molecule has 2 rings (SSSR count). The van der Waals surface area contributed by atoms with Crippen molar-refractivity contribution >= 4 is 23.6 Å². The van der Waals surface area contributed by atoms with Gasteiger partial charge in [0.25, 0.3) is 0 Å².